The zero-order valence-corrected chi connectivity index (χ0v) is 18.8. The van der Waals surface area contributed by atoms with Crippen molar-refractivity contribution < 1.29 is 31.1 Å². The molecule has 1 aromatic rings. The Morgan fingerprint density at radius 1 is 1.12 bits per heavy atom. The van der Waals surface area contributed by atoms with E-state index in [1.807, 2.05) is 23.5 Å². The summed E-state index contributed by atoms with van der Waals surface area (Å²) in [5, 5.41) is 1.87. The Morgan fingerprint density at radius 2 is 1.78 bits per heavy atom. The first kappa shape index (κ1) is 24.8. The lowest BCUT2D eigenvalue weighted by molar-refractivity contribution is -0.123. The van der Waals surface area contributed by atoms with Crippen molar-refractivity contribution in [1.82, 2.24) is 14.9 Å². The van der Waals surface area contributed by atoms with Crippen molar-refractivity contribution in [3.8, 4) is 0 Å². The van der Waals surface area contributed by atoms with E-state index in [0.29, 0.717) is 12.3 Å². The van der Waals surface area contributed by atoms with Gasteiger partial charge < -0.3 is 15.0 Å². The third kappa shape index (κ3) is 7.35. The van der Waals surface area contributed by atoms with E-state index in [9.17, 15) is 26.4 Å². The molecule has 2 aliphatic rings. The summed E-state index contributed by atoms with van der Waals surface area (Å²) in [6.07, 6.45) is 0.343. The van der Waals surface area contributed by atoms with Crippen LogP contribution in [-0.2, 0) is 14.8 Å². The van der Waals surface area contributed by atoms with Crippen LogP contribution in [0.2, 0.25) is 0 Å². The number of carbonyl (C=O) groups excluding carboxylic acids is 1. The minimum absolute atomic E-state index is 0.0328. The van der Waals surface area contributed by atoms with Crippen LogP contribution in [0.25, 0.3) is 0 Å². The van der Waals surface area contributed by atoms with Gasteiger partial charge >= 0.3 is 12.2 Å². The van der Waals surface area contributed by atoms with E-state index in [2.05, 4.69) is 16.9 Å². The molecule has 2 fully saturated rings. The van der Waals surface area contributed by atoms with Gasteiger partial charge in [0, 0.05) is 12.6 Å². The van der Waals surface area contributed by atoms with Crippen molar-refractivity contribution in [2.75, 3.05) is 26.0 Å². The average molecular weight is 478 g/mol. The Labute approximate surface area is 186 Å². The number of urea groups is 1. The van der Waals surface area contributed by atoms with Crippen LogP contribution in [0.4, 0.5) is 18.0 Å². The van der Waals surface area contributed by atoms with Gasteiger partial charge in [-0.1, -0.05) is 30.3 Å². The van der Waals surface area contributed by atoms with Gasteiger partial charge in [-0.05, 0) is 43.6 Å². The number of nitrogens with one attached hydrogen (secondary N) is 2. The van der Waals surface area contributed by atoms with Gasteiger partial charge in [0.2, 0.25) is 10.0 Å². The third-order valence-electron chi connectivity index (χ3n) is 6.06. The van der Waals surface area contributed by atoms with Crippen LogP contribution in [0.15, 0.2) is 30.3 Å². The number of hydrogen-bond donors (Lipinski definition) is 2. The van der Waals surface area contributed by atoms with Crippen LogP contribution < -0.4 is 10.0 Å². The molecule has 180 valence electrons. The number of rotatable bonds is 7. The molecular weight excluding hydrogens is 447 g/mol. The Hall–Kier alpha value is -1.85. The van der Waals surface area contributed by atoms with Crippen LogP contribution in [0.5, 0.6) is 0 Å². The lowest BCUT2D eigenvalue weighted by Crippen LogP contribution is -2.52. The van der Waals surface area contributed by atoms with Crippen LogP contribution in [0.1, 0.15) is 43.6 Å². The number of nitrogens with zero attached hydrogens (tertiary/aromatic N) is 1. The number of halogens is 3. The van der Waals surface area contributed by atoms with Crippen molar-refractivity contribution in [1.29, 1.82) is 0 Å². The minimum atomic E-state index is -4.52. The van der Waals surface area contributed by atoms with Crippen molar-refractivity contribution >= 4 is 16.1 Å². The van der Waals surface area contributed by atoms with Gasteiger partial charge in [0.25, 0.3) is 0 Å². The van der Waals surface area contributed by atoms with Gasteiger partial charge in [0.05, 0.1) is 25.0 Å². The monoisotopic (exact) mass is 477 g/mol. The van der Waals surface area contributed by atoms with Crippen LogP contribution in [-0.4, -0.2) is 69.7 Å². The second-order valence-electron chi connectivity index (χ2n) is 8.54. The Morgan fingerprint density at radius 3 is 2.38 bits per heavy atom. The first-order valence-corrected chi connectivity index (χ1v) is 12.7. The van der Waals surface area contributed by atoms with E-state index in [-0.39, 0.29) is 19.3 Å². The molecule has 3 rings (SSSR count). The zero-order chi connectivity index (χ0) is 23.4. The van der Waals surface area contributed by atoms with Crippen molar-refractivity contribution in [3.63, 3.8) is 0 Å². The van der Waals surface area contributed by atoms with E-state index < -0.39 is 40.9 Å². The zero-order valence-electron chi connectivity index (χ0n) is 18.0. The highest BCUT2D eigenvalue weighted by molar-refractivity contribution is 7.88. The maximum atomic E-state index is 12.5. The Kier molecular flexibility index (Phi) is 8.05. The van der Waals surface area contributed by atoms with Gasteiger partial charge in [-0.3, -0.25) is 0 Å². The van der Waals surface area contributed by atoms with Crippen molar-refractivity contribution in [2.45, 2.75) is 62.4 Å². The first-order chi connectivity index (χ1) is 15.0. The second kappa shape index (κ2) is 10.4. The number of hydrogen-bond acceptors (Lipinski definition) is 4. The van der Waals surface area contributed by atoms with E-state index >= 15 is 0 Å². The molecule has 1 aliphatic carbocycles. The van der Waals surface area contributed by atoms with E-state index in [1.165, 1.54) is 10.5 Å². The summed E-state index contributed by atoms with van der Waals surface area (Å²) >= 11 is 0. The molecule has 2 amide bonds. The van der Waals surface area contributed by atoms with E-state index in [4.69, 9.17) is 4.74 Å². The average Bonchev–Trinajstić information content (AvgIpc) is 3.11. The number of sulfonamides is 1. The summed E-state index contributed by atoms with van der Waals surface area (Å²) in [4.78, 5) is 13.6. The number of benzene rings is 1. The fraction of sp³-hybridized carbons (Fsp3) is 0.667. The Bertz CT molecular complexity index is 859. The molecule has 7 nitrogen and oxygen atoms in total. The number of amides is 2. The molecule has 0 radical (unpaired) electrons. The summed E-state index contributed by atoms with van der Waals surface area (Å²) in [6.45, 7) is -1.23. The van der Waals surface area contributed by atoms with Gasteiger partial charge in [0.15, 0.2) is 0 Å². The molecule has 11 heteroatoms. The molecule has 2 atom stereocenters. The molecule has 32 heavy (non-hydrogen) atoms. The Balaban J connectivity index is 1.57. The maximum absolute atomic E-state index is 12.5. The molecule has 0 aromatic heterocycles. The lowest BCUT2D eigenvalue weighted by atomic mass is 9.83. The molecule has 1 aliphatic heterocycles. The van der Waals surface area contributed by atoms with E-state index in [1.54, 1.807) is 0 Å². The molecule has 0 unspecified atom stereocenters. The van der Waals surface area contributed by atoms with Gasteiger partial charge in [-0.2, -0.15) is 13.2 Å². The number of alkyl halides is 3. The fourth-order valence-electron chi connectivity index (χ4n) is 4.52. The van der Waals surface area contributed by atoms with Crippen LogP contribution in [0.3, 0.4) is 0 Å². The fourth-order valence-corrected chi connectivity index (χ4v) is 5.35. The lowest BCUT2D eigenvalue weighted by Gasteiger charge is -2.33. The van der Waals surface area contributed by atoms with Crippen LogP contribution in [0, 0.1) is 0 Å². The second-order valence-corrected chi connectivity index (χ2v) is 10.3. The van der Waals surface area contributed by atoms with Gasteiger partial charge in [0.1, 0.15) is 6.54 Å². The number of carbonyl (C=O) groups is 1. The molecule has 1 aromatic carbocycles. The molecule has 0 spiro atoms. The van der Waals surface area contributed by atoms with E-state index in [0.717, 1.165) is 31.9 Å². The predicted molar refractivity (Wildman–Crippen MR) is 114 cm³/mol. The maximum Gasteiger partial charge on any atom is 0.405 e. The summed E-state index contributed by atoms with van der Waals surface area (Å²) in [7, 11) is -3.55. The molecular formula is C21H30F3N3O4S. The molecule has 1 heterocycles. The first-order valence-electron chi connectivity index (χ1n) is 10.8. The topological polar surface area (TPSA) is 87.7 Å². The standard InChI is InChI=1S/C21H30F3N3O4S/c1-32(29,30)26-18-11-12-27(20(28)25-14-21(22,23)24)19(18)13-31-17-9-7-16(8-10-17)15-5-3-2-4-6-15/h2-6,16-19,26H,7-14H2,1H3,(H,25,28)/t16?,17?,18-,19-/m0/s1. The van der Waals surface area contributed by atoms with Crippen LogP contribution >= 0.6 is 0 Å². The van der Waals surface area contributed by atoms with Gasteiger partial charge in [-0.25, -0.2) is 17.9 Å². The highest BCUT2D eigenvalue weighted by Crippen LogP contribution is 2.34. The molecule has 1 saturated carbocycles. The SMILES string of the molecule is CS(=O)(=O)N[C@H]1CCN(C(=O)NCC(F)(F)F)[C@H]1COC1CCC(c2ccccc2)CC1. The number of likely N-dealkylation sites (tertiary alicyclic amines) is 1. The smallest absolute Gasteiger partial charge is 0.376 e. The highest BCUT2D eigenvalue weighted by atomic mass is 32.2. The number of ether oxygens (including phenoxy) is 1. The largest absolute Gasteiger partial charge is 0.405 e. The molecule has 0 bridgehead atoms. The highest BCUT2D eigenvalue weighted by Gasteiger charge is 2.40. The normalized spacial score (nSPS) is 26.8. The van der Waals surface area contributed by atoms with Gasteiger partial charge in [-0.15, -0.1) is 0 Å². The quantitative estimate of drug-likeness (QED) is 0.632. The van der Waals surface area contributed by atoms with Crippen molar-refractivity contribution in [2.24, 2.45) is 0 Å². The summed E-state index contributed by atoms with van der Waals surface area (Å²) in [6, 6.07) is 8.09. The summed E-state index contributed by atoms with van der Waals surface area (Å²) < 4.78 is 69.5. The minimum Gasteiger partial charge on any atom is -0.376 e. The molecule has 1 saturated heterocycles. The molecule has 2 N–H and O–H groups in total. The summed E-state index contributed by atoms with van der Waals surface area (Å²) in [5.41, 5.74) is 1.30. The predicted octanol–water partition coefficient (Wildman–Crippen LogP) is 2.99. The van der Waals surface area contributed by atoms with Crippen molar-refractivity contribution in [3.05, 3.63) is 35.9 Å². The third-order valence-corrected chi connectivity index (χ3v) is 6.79. The summed E-state index contributed by atoms with van der Waals surface area (Å²) in [5.74, 6) is 0.465.